The first-order valence-electron chi connectivity index (χ1n) is 4.56. The number of hydrogen-bond acceptors (Lipinski definition) is 2. The molecule has 88 valence electrons. The molecule has 0 aliphatic rings. The van der Waals surface area contributed by atoms with E-state index in [0.717, 1.165) is 0 Å². The molecule has 0 saturated carbocycles. The molecule has 1 aromatic carbocycles. The van der Waals surface area contributed by atoms with Crippen LogP contribution in [0.3, 0.4) is 0 Å². The van der Waals surface area contributed by atoms with Crippen molar-refractivity contribution in [2.24, 2.45) is 0 Å². The van der Waals surface area contributed by atoms with Gasteiger partial charge in [-0.25, -0.2) is 9.37 Å². The van der Waals surface area contributed by atoms with Gasteiger partial charge >= 0.3 is 0 Å². The van der Waals surface area contributed by atoms with E-state index in [1.807, 2.05) is 0 Å². The van der Waals surface area contributed by atoms with Crippen molar-refractivity contribution in [2.45, 2.75) is 0 Å². The molecular formula is C11H6Cl3FN2. The fourth-order valence-corrected chi connectivity index (χ4v) is 2.36. The largest absolute Gasteiger partial charge is 0.384 e. The number of hydrogen-bond donors (Lipinski definition) is 1. The van der Waals surface area contributed by atoms with E-state index < -0.39 is 5.82 Å². The molecule has 6 heteroatoms. The van der Waals surface area contributed by atoms with Gasteiger partial charge in [0.05, 0.1) is 10.0 Å². The quantitative estimate of drug-likeness (QED) is 0.789. The molecular weight excluding hydrogens is 285 g/mol. The molecule has 17 heavy (non-hydrogen) atoms. The van der Waals surface area contributed by atoms with Crippen molar-refractivity contribution in [1.29, 1.82) is 0 Å². The predicted octanol–water partition coefficient (Wildman–Crippen LogP) is 4.43. The molecule has 0 radical (unpaired) electrons. The minimum absolute atomic E-state index is 0.0157. The maximum Gasteiger partial charge on any atom is 0.140 e. The number of nitrogen functional groups attached to an aromatic ring is 1. The van der Waals surface area contributed by atoms with Crippen LogP contribution in [-0.2, 0) is 0 Å². The van der Waals surface area contributed by atoms with E-state index in [1.54, 1.807) is 6.07 Å². The number of anilines is 1. The van der Waals surface area contributed by atoms with Crippen LogP contribution in [0, 0.1) is 5.82 Å². The fraction of sp³-hybridized carbons (Fsp3) is 0. The first-order chi connectivity index (χ1) is 8.00. The van der Waals surface area contributed by atoms with Crippen molar-refractivity contribution in [2.75, 3.05) is 5.73 Å². The second-order valence-corrected chi connectivity index (χ2v) is 4.46. The van der Waals surface area contributed by atoms with Crippen molar-refractivity contribution < 1.29 is 4.39 Å². The Morgan fingerprint density at radius 3 is 2.35 bits per heavy atom. The summed E-state index contributed by atoms with van der Waals surface area (Å²) < 4.78 is 13.7. The Labute approximate surface area is 112 Å². The van der Waals surface area contributed by atoms with Crippen molar-refractivity contribution in [1.82, 2.24) is 4.98 Å². The summed E-state index contributed by atoms with van der Waals surface area (Å²) in [5.41, 5.74) is 5.84. The molecule has 2 aromatic rings. The topological polar surface area (TPSA) is 38.9 Å². The van der Waals surface area contributed by atoms with Crippen LogP contribution in [0.2, 0.25) is 15.2 Å². The Morgan fingerprint density at radius 1 is 1.06 bits per heavy atom. The van der Waals surface area contributed by atoms with Crippen molar-refractivity contribution in [3.8, 4) is 11.1 Å². The number of pyridine rings is 1. The molecule has 2 rings (SSSR count). The summed E-state index contributed by atoms with van der Waals surface area (Å²) in [5, 5.41) is 0.428. The summed E-state index contributed by atoms with van der Waals surface area (Å²) in [6, 6.07) is 5.70. The zero-order valence-corrected chi connectivity index (χ0v) is 10.6. The number of nitrogens with zero attached hydrogens (tertiary/aromatic N) is 1. The Hall–Kier alpha value is -1.03. The van der Waals surface area contributed by atoms with Crippen LogP contribution < -0.4 is 5.73 Å². The van der Waals surface area contributed by atoms with Gasteiger partial charge in [-0.2, -0.15) is 0 Å². The number of aromatic nitrogens is 1. The van der Waals surface area contributed by atoms with Gasteiger partial charge in [0, 0.05) is 11.1 Å². The zero-order valence-electron chi connectivity index (χ0n) is 8.35. The van der Waals surface area contributed by atoms with Crippen LogP contribution in [0.25, 0.3) is 11.1 Å². The normalized spacial score (nSPS) is 10.6. The van der Waals surface area contributed by atoms with E-state index in [1.165, 1.54) is 18.2 Å². The fourth-order valence-electron chi connectivity index (χ4n) is 1.46. The molecule has 2 N–H and O–H groups in total. The first-order valence-corrected chi connectivity index (χ1v) is 5.70. The third kappa shape index (κ3) is 2.32. The molecule has 1 aromatic heterocycles. The van der Waals surface area contributed by atoms with Gasteiger partial charge in [-0.1, -0.05) is 40.9 Å². The smallest absolute Gasteiger partial charge is 0.140 e. The summed E-state index contributed by atoms with van der Waals surface area (Å²) in [7, 11) is 0. The summed E-state index contributed by atoms with van der Waals surface area (Å²) in [6.07, 6.45) is 0. The monoisotopic (exact) mass is 290 g/mol. The highest BCUT2D eigenvalue weighted by molar-refractivity contribution is 6.40. The van der Waals surface area contributed by atoms with Gasteiger partial charge in [-0.05, 0) is 18.2 Å². The summed E-state index contributed by atoms with van der Waals surface area (Å²) >= 11 is 17.8. The Morgan fingerprint density at radius 2 is 1.76 bits per heavy atom. The molecule has 0 bridgehead atoms. The highest BCUT2D eigenvalue weighted by atomic mass is 35.5. The lowest BCUT2D eigenvalue weighted by molar-refractivity contribution is 0.631. The van der Waals surface area contributed by atoms with Gasteiger partial charge in [-0.3, -0.25) is 0 Å². The molecule has 0 saturated heterocycles. The third-order valence-electron chi connectivity index (χ3n) is 2.16. The van der Waals surface area contributed by atoms with Crippen LogP contribution in [-0.4, -0.2) is 4.98 Å². The van der Waals surface area contributed by atoms with Crippen molar-refractivity contribution >= 4 is 40.6 Å². The van der Waals surface area contributed by atoms with Gasteiger partial charge in [0.15, 0.2) is 0 Å². The Kier molecular flexibility index (Phi) is 3.43. The number of benzene rings is 1. The lowest BCUT2D eigenvalue weighted by Crippen LogP contribution is -1.95. The van der Waals surface area contributed by atoms with Gasteiger partial charge in [-0.15, -0.1) is 0 Å². The maximum atomic E-state index is 13.7. The minimum Gasteiger partial charge on any atom is -0.384 e. The molecule has 2 nitrogen and oxygen atoms in total. The van der Waals surface area contributed by atoms with Gasteiger partial charge < -0.3 is 5.73 Å². The van der Waals surface area contributed by atoms with Crippen molar-refractivity contribution in [3.05, 3.63) is 45.3 Å². The van der Waals surface area contributed by atoms with E-state index in [0.29, 0.717) is 0 Å². The van der Waals surface area contributed by atoms with E-state index in [2.05, 4.69) is 4.98 Å². The van der Waals surface area contributed by atoms with Crippen molar-refractivity contribution in [3.63, 3.8) is 0 Å². The van der Waals surface area contributed by atoms with E-state index in [9.17, 15) is 4.39 Å². The number of halogens is 4. The maximum absolute atomic E-state index is 13.7. The van der Waals surface area contributed by atoms with Gasteiger partial charge in [0.2, 0.25) is 0 Å². The van der Waals surface area contributed by atoms with Crippen LogP contribution >= 0.6 is 34.8 Å². The average molecular weight is 292 g/mol. The molecule has 1 heterocycles. The summed E-state index contributed by atoms with van der Waals surface area (Å²) in [6.45, 7) is 0. The second-order valence-electron chi connectivity index (χ2n) is 3.29. The van der Waals surface area contributed by atoms with Crippen LogP contribution in [0.4, 0.5) is 10.2 Å². The first kappa shape index (κ1) is 12.4. The molecule has 0 atom stereocenters. The molecule has 0 aliphatic carbocycles. The number of rotatable bonds is 1. The Bertz CT molecular complexity index is 544. The van der Waals surface area contributed by atoms with E-state index in [4.69, 9.17) is 40.5 Å². The SMILES string of the molecule is Nc1cc(Cl)c(-c2c(F)cccc2Cl)c(Cl)n1. The van der Waals surface area contributed by atoms with Crippen LogP contribution in [0.5, 0.6) is 0 Å². The van der Waals surface area contributed by atoms with Gasteiger partial charge in [0.1, 0.15) is 16.8 Å². The standard InChI is InChI=1S/C11H6Cl3FN2/c12-5-2-1-3-7(15)9(5)10-6(13)4-8(16)17-11(10)14/h1-4H,(H2,16,17). The highest BCUT2D eigenvalue weighted by Crippen LogP contribution is 2.39. The van der Waals surface area contributed by atoms with E-state index >= 15 is 0 Å². The second kappa shape index (κ2) is 4.69. The lowest BCUT2D eigenvalue weighted by Gasteiger charge is -2.10. The third-order valence-corrected chi connectivity index (χ3v) is 3.05. The number of nitrogens with two attached hydrogens (primary N) is 1. The molecule has 0 spiro atoms. The molecule has 0 amide bonds. The van der Waals surface area contributed by atoms with Crippen LogP contribution in [0.1, 0.15) is 0 Å². The molecule has 0 aliphatic heterocycles. The molecule has 0 fully saturated rings. The zero-order chi connectivity index (χ0) is 12.6. The van der Waals surface area contributed by atoms with Gasteiger partial charge in [0.25, 0.3) is 0 Å². The summed E-state index contributed by atoms with van der Waals surface area (Å²) in [5.74, 6) is -0.357. The summed E-state index contributed by atoms with van der Waals surface area (Å²) in [4.78, 5) is 3.83. The van der Waals surface area contributed by atoms with E-state index in [-0.39, 0.29) is 32.1 Å². The minimum atomic E-state index is -0.520. The highest BCUT2D eigenvalue weighted by Gasteiger charge is 2.17. The Balaban J connectivity index is 2.77. The van der Waals surface area contributed by atoms with Crippen LogP contribution in [0.15, 0.2) is 24.3 Å². The lowest BCUT2D eigenvalue weighted by atomic mass is 10.1. The average Bonchev–Trinajstić information content (AvgIpc) is 2.21. The predicted molar refractivity (Wildman–Crippen MR) is 69.1 cm³/mol. The molecule has 0 unspecified atom stereocenters.